The number of nitrogens with zero attached hydrogens (tertiary/aromatic N) is 1. The zero-order valence-electron chi connectivity index (χ0n) is 14.5. The Hall–Kier alpha value is -2.69. The SMILES string of the molecule is O=C(Nc1ccc2c(c1)N(C(=O)C1CCCC1)CC2)c1ccccc1F. The highest BCUT2D eigenvalue weighted by molar-refractivity contribution is 6.05. The van der Waals surface area contributed by atoms with Gasteiger partial charge in [0.15, 0.2) is 0 Å². The van der Waals surface area contributed by atoms with Crippen molar-refractivity contribution >= 4 is 23.2 Å². The maximum absolute atomic E-state index is 13.8. The maximum atomic E-state index is 13.8. The van der Waals surface area contributed by atoms with E-state index in [1.807, 2.05) is 17.0 Å². The second-order valence-corrected chi connectivity index (χ2v) is 7.00. The lowest BCUT2D eigenvalue weighted by Gasteiger charge is -2.21. The number of carbonyl (C=O) groups excluding carboxylic acids is 2. The molecule has 134 valence electrons. The molecule has 26 heavy (non-hydrogen) atoms. The van der Waals surface area contributed by atoms with E-state index in [-0.39, 0.29) is 17.4 Å². The Labute approximate surface area is 152 Å². The minimum Gasteiger partial charge on any atom is -0.322 e. The van der Waals surface area contributed by atoms with Crippen molar-refractivity contribution in [3.8, 4) is 0 Å². The Kier molecular flexibility index (Phi) is 4.45. The Bertz CT molecular complexity index is 859. The van der Waals surface area contributed by atoms with Crippen LogP contribution in [0.15, 0.2) is 42.5 Å². The summed E-state index contributed by atoms with van der Waals surface area (Å²) in [5.41, 5.74) is 2.56. The first kappa shape index (κ1) is 16.8. The van der Waals surface area contributed by atoms with Gasteiger partial charge in [-0.25, -0.2) is 4.39 Å². The van der Waals surface area contributed by atoms with Crippen LogP contribution in [0.1, 0.15) is 41.6 Å². The van der Waals surface area contributed by atoms with E-state index in [2.05, 4.69) is 5.32 Å². The van der Waals surface area contributed by atoms with Crippen LogP contribution in [0.3, 0.4) is 0 Å². The molecule has 4 nitrogen and oxygen atoms in total. The quantitative estimate of drug-likeness (QED) is 0.902. The molecule has 0 saturated heterocycles. The molecule has 2 amide bonds. The van der Waals surface area contributed by atoms with Crippen LogP contribution in [0, 0.1) is 11.7 Å². The molecule has 0 atom stereocenters. The van der Waals surface area contributed by atoms with Crippen LogP contribution in [0.4, 0.5) is 15.8 Å². The van der Waals surface area contributed by atoms with Gasteiger partial charge in [0.2, 0.25) is 5.91 Å². The number of hydrogen-bond donors (Lipinski definition) is 1. The van der Waals surface area contributed by atoms with Gasteiger partial charge in [-0.1, -0.05) is 31.0 Å². The van der Waals surface area contributed by atoms with Crippen LogP contribution >= 0.6 is 0 Å². The van der Waals surface area contributed by atoms with Crippen molar-refractivity contribution in [2.24, 2.45) is 5.92 Å². The normalized spacial score (nSPS) is 16.6. The van der Waals surface area contributed by atoms with Crippen LogP contribution in [0.5, 0.6) is 0 Å². The number of carbonyl (C=O) groups is 2. The number of anilines is 2. The van der Waals surface area contributed by atoms with Gasteiger partial charge in [-0.3, -0.25) is 9.59 Å². The first-order chi connectivity index (χ1) is 12.6. The first-order valence-electron chi connectivity index (χ1n) is 9.13. The predicted molar refractivity (Wildman–Crippen MR) is 98.8 cm³/mol. The molecule has 0 radical (unpaired) electrons. The van der Waals surface area contributed by atoms with Crippen LogP contribution in [0.25, 0.3) is 0 Å². The van der Waals surface area contributed by atoms with Gasteiger partial charge in [-0.15, -0.1) is 0 Å². The summed E-state index contributed by atoms with van der Waals surface area (Å²) >= 11 is 0. The Morgan fingerprint density at radius 3 is 2.62 bits per heavy atom. The first-order valence-corrected chi connectivity index (χ1v) is 9.13. The van der Waals surface area contributed by atoms with Gasteiger partial charge in [-0.2, -0.15) is 0 Å². The fraction of sp³-hybridized carbons (Fsp3) is 0.333. The third kappa shape index (κ3) is 3.09. The van der Waals surface area contributed by atoms with Gasteiger partial charge in [-0.05, 0) is 49.1 Å². The van der Waals surface area contributed by atoms with Gasteiger partial charge < -0.3 is 10.2 Å². The molecular weight excluding hydrogens is 331 g/mol. The van der Waals surface area contributed by atoms with Crippen LogP contribution < -0.4 is 10.2 Å². The summed E-state index contributed by atoms with van der Waals surface area (Å²) in [6.45, 7) is 0.690. The number of benzene rings is 2. The molecule has 1 aliphatic heterocycles. The van der Waals surface area contributed by atoms with Crippen molar-refractivity contribution in [1.29, 1.82) is 0 Å². The summed E-state index contributed by atoms with van der Waals surface area (Å²) in [5.74, 6) is -0.727. The third-order valence-electron chi connectivity index (χ3n) is 5.33. The van der Waals surface area contributed by atoms with E-state index < -0.39 is 11.7 Å². The standard InChI is InChI=1S/C21H21FN2O2/c22-18-8-4-3-7-17(18)20(25)23-16-10-9-14-11-12-24(19(14)13-16)21(26)15-5-1-2-6-15/h3-4,7-10,13,15H,1-2,5-6,11-12H2,(H,23,25). The van der Waals surface area contributed by atoms with Crippen molar-refractivity contribution in [3.63, 3.8) is 0 Å². The van der Waals surface area contributed by atoms with Crippen LogP contribution in [-0.4, -0.2) is 18.4 Å². The zero-order chi connectivity index (χ0) is 18.1. The average molecular weight is 352 g/mol. The fourth-order valence-electron chi connectivity index (χ4n) is 3.92. The summed E-state index contributed by atoms with van der Waals surface area (Å²) in [6, 6.07) is 11.5. The number of fused-ring (bicyclic) bond motifs is 1. The summed E-state index contributed by atoms with van der Waals surface area (Å²) in [5, 5.41) is 2.74. The van der Waals surface area contributed by atoms with E-state index in [9.17, 15) is 14.0 Å². The van der Waals surface area contributed by atoms with Gasteiger partial charge in [0.1, 0.15) is 5.82 Å². The van der Waals surface area contributed by atoms with Crippen molar-refractivity contribution in [1.82, 2.24) is 0 Å². The Balaban J connectivity index is 1.55. The molecule has 5 heteroatoms. The fourth-order valence-corrected chi connectivity index (χ4v) is 3.92. The number of nitrogens with one attached hydrogen (secondary N) is 1. The monoisotopic (exact) mass is 352 g/mol. The molecule has 2 aliphatic rings. The highest BCUT2D eigenvalue weighted by atomic mass is 19.1. The van der Waals surface area contributed by atoms with Gasteiger partial charge in [0, 0.05) is 23.8 Å². The van der Waals surface area contributed by atoms with E-state index in [0.29, 0.717) is 12.2 Å². The lowest BCUT2D eigenvalue weighted by Crippen LogP contribution is -2.33. The van der Waals surface area contributed by atoms with Gasteiger partial charge in [0.25, 0.3) is 5.91 Å². The van der Waals surface area contributed by atoms with Crippen molar-refractivity contribution in [2.45, 2.75) is 32.1 Å². The number of amides is 2. The molecule has 1 aliphatic carbocycles. The second-order valence-electron chi connectivity index (χ2n) is 7.00. The molecule has 2 aromatic rings. The summed E-state index contributed by atoms with van der Waals surface area (Å²) in [6.07, 6.45) is 5.00. The smallest absolute Gasteiger partial charge is 0.258 e. The zero-order valence-corrected chi connectivity index (χ0v) is 14.5. The molecular formula is C21H21FN2O2. The van der Waals surface area contributed by atoms with Crippen LogP contribution in [-0.2, 0) is 11.2 Å². The predicted octanol–water partition coefficient (Wildman–Crippen LogP) is 4.16. The van der Waals surface area contributed by atoms with Gasteiger partial charge >= 0.3 is 0 Å². The molecule has 4 rings (SSSR count). The van der Waals surface area contributed by atoms with Crippen molar-refractivity contribution < 1.29 is 14.0 Å². The molecule has 0 spiro atoms. The van der Waals surface area contributed by atoms with E-state index in [0.717, 1.165) is 43.4 Å². The summed E-state index contributed by atoms with van der Waals surface area (Å²) < 4.78 is 13.8. The summed E-state index contributed by atoms with van der Waals surface area (Å²) in [4.78, 5) is 27.0. The molecule has 2 aromatic carbocycles. The van der Waals surface area contributed by atoms with E-state index in [4.69, 9.17) is 0 Å². The van der Waals surface area contributed by atoms with E-state index in [1.54, 1.807) is 18.2 Å². The Morgan fingerprint density at radius 1 is 1.08 bits per heavy atom. The van der Waals surface area contributed by atoms with E-state index >= 15 is 0 Å². The number of hydrogen-bond acceptors (Lipinski definition) is 2. The van der Waals surface area contributed by atoms with Crippen molar-refractivity contribution in [3.05, 3.63) is 59.4 Å². The average Bonchev–Trinajstić information content (AvgIpc) is 3.31. The largest absolute Gasteiger partial charge is 0.322 e. The number of halogens is 1. The Morgan fingerprint density at radius 2 is 1.85 bits per heavy atom. The minimum atomic E-state index is -0.552. The third-order valence-corrected chi connectivity index (χ3v) is 5.33. The maximum Gasteiger partial charge on any atom is 0.258 e. The molecule has 0 unspecified atom stereocenters. The minimum absolute atomic E-state index is 0.00638. The molecule has 1 heterocycles. The van der Waals surface area contributed by atoms with Gasteiger partial charge in [0.05, 0.1) is 5.56 Å². The van der Waals surface area contributed by atoms with Crippen LogP contribution in [0.2, 0.25) is 0 Å². The highest BCUT2D eigenvalue weighted by Gasteiger charge is 2.32. The molecule has 1 N–H and O–H groups in total. The molecule has 1 fully saturated rings. The molecule has 0 aromatic heterocycles. The lowest BCUT2D eigenvalue weighted by molar-refractivity contribution is -0.122. The topological polar surface area (TPSA) is 49.4 Å². The molecule has 0 bridgehead atoms. The second kappa shape index (κ2) is 6.90. The highest BCUT2D eigenvalue weighted by Crippen LogP contribution is 2.35. The molecule has 1 saturated carbocycles. The van der Waals surface area contributed by atoms with Crippen molar-refractivity contribution in [2.75, 3.05) is 16.8 Å². The summed E-state index contributed by atoms with van der Waals surface area (Å²) in [7, 11) is 0. The lowest BCUT2D eigenvalue weighted by atomic mass is 10.1. The number of rotatable bonds is 3. The van der Waals surface area contributed by atoms with E-state index in [1.165, 1.54) is 12.1 Å².